The van der Waals surface area contributed by atoms with Gasteiger partial charge in [-0.05, 0) is 12.8 Å². The zero-order valence-corrected chi connectivity index (χ0v) is 8.63. The molecule has 1 aliphatic heterocycles. The molecule has 16 heavy (non-hydrogen) atoms. The molecule has 0 aromatic heterocycles. The fraction of sp³-hybridized carbons (Fsp3) is 0.455. The van der Waals surface area contributed by atoms with Gasteiger partial charge in [0.05, 0.1) is 0 Å². The highest BCUT2D eigenvalue weighted by molar-refractivity contribution is 5.48. The lowest BCUT2D eigenvalue weighted by Crippen LogP contribution is -2.18. The Hall–Kier alpha value is -1.36. The number of hydrogen-bond donors (Lipinski definition) is 1. The van der Waals surface area contributed by atoms with E-state index in [1.54, 1.807) is 0 Å². The molecule has 0 radical (unpaired) electrons. The molecule has 0 atom stereocenters. The second-order valence-electron chi connectivity index (χ2n) is 3.50. The molecule has 1 aromatic carbocycles. The molecule has 2 rings (SSSR count). The van der Waals surface area contributed by atoms with Crippen LogP contribution in [0.15, 0.2) is 6.07 Å². The van der Waals surface area contributed by atoms with Gasteiger partial charge in [0.2, 0.25) is 0 Å². The Balaban J connectivity index is 2.41. The molecule has 3 nitrogen and oxygen atoms in total. The lowest BCUT2D eigenvalue weighted by molar-refractivity contribution is 0.167. The predicted octanol–water partition coefficient (Wildman–Crippen LogP) is 1.66. The first-order valence-corrected chi connectivity index (χ1v) is 5.11. The number of rotatable bonds is 3. The number of aliphatic hydroxyl groups excluding tert-OH is 1. The zero-order chi connectivity index (χ0) is 11.5. The first-order valence-electron chi connectivity index (χ1n) is 5.11. The SMILES string of the molecule is OCCCc1c(F)c(F)cc2c1OCCO2. The van der Waals surface area contributed by atoms with Gasteiger partial charge < -0.3 is 14.6 Å². The molecule has 0 saturated heterocycles. The highest BCUT2D eigenvalue weighted by Gasteiger charge is 2.22. The number of aliphatic hydroxyl groups is 1. The van der Waals surface area contributed by atoms with E-state index in [0.29, 0.717) is 19.6 Å². The summed E-state index contributed by atoms with van der Waals surface area (Å²) in [4.78, 5) is 0. The maximum absolute atomic E-state index is 13.5. The van der Waals surface area contributed by atoms with Crippen LogP contribution in [0.5, 0.6) is 11.5 Å². The van der Waals surface area contributed by atoms with E-state index in [1.165, 1.54) is 0 Å². The van der Waals surface area contributed by atoms with Gasteiger partial charge in [-0.3, -0.25) is 0 Å². The molecule has 0 saturated carbocycles. The second kappa shape index (κ2) is 4.65. The van der Waals surface area contributed by atoms with E-state index in [9.17, 15) is 8.78 Å². The molecular weight excluding hydrogens is 218 g/mol. The average Bonchev–Trinajstić information content (AvgIpc) is 2.30. The van der Waals surface area contributed by atoms with Gasteiger partial charge in [-0.1, -0.05) is 0 Å². The Kier molecular flexibility index (Phi) is 3.24. The minimum absolute atomic E-state index is 0.0778. The maximum Gasteiger partial charge on any atom is 0.167 e. The quantitative estimate of drug-likeness (QED) is 0.858. The standard InChI is InChI=1S/C11H12F2O3/c12-8-6-9-11(16-5-4-15-9)7(10(8)13)2-1-3-14/h6,14H,1-5H2. The molecule has 0 amide bonds. The third-order valence-electron chi connectivity index (χ3n) is 2.40. The molecule has 0 spiro atoms. The minimum Gasteiger partial charge on any atom is -0.486 e. The monoisotopic (exact) mass is 230 g/mol. The van der Waals surface area contributed by atoms with Crippen molar-refractivity contribution in [3.05, 3.63) is 23.3 Å². The summed E-state index contributed by atoms with van der Waals surface area (Å²) >= 11 is 0. The van der Waals surface area contributed by atoms with Crippen molar-refractivity contribution in [3.63, 3.8) is 0 Å². The summed E-state index contributed by atoms with van der Waals surface area (Å²) in [5, 5.41) is 8.70. The van der Waals surface area contributed by atoms with Crippen molar-refractivity contribution in [2.24, 2.45) is 0 Å². The van der Waals surface area contributed by atoms with Crippen molar-refractivity contribution in [1.82, 2.24) is 0 Å². The fourth-order valence-corrected chi connectivity index (χ4v) is 1.68. The van der Waals surface area contributed by atoms with Crippen LogP contribution in [0.4, 0.5) is 8.78 Å². The first-order chi connectivity index (χ1) is 7.74. The maximum atomic E-state index is 13.5. The Morgan fingerprint density at radius 3 is 2.75 bits per heavy atom. The predicted molar refractivity (Wildman–Crippen MR) is 52.8 cm³/mol. The van der Waals surface area contributed by atoms with Crippen molar-refractivity contribution >= 4 is 0 Å². The van der Waals surface area contributed by atoms with Crippen LogP contribution in [-0.2, 0) is 6.42 Å². The van der Waals surface area contributed by atoms with Crippen LogP contribution in [0.3, 0.4) is 0 Å². The van der Waals surface area contributed by atoms with Gasteiger partial charge >= 0.3 is 0 Å². The van der Waals surface area contributed by atoms with Gasteiger partial charge in [0.1, 0.15) is 13.2 Å². The smallest absolute Gasteiger partial charge is 0.167 e. The Morgan fingerprint density at radius 1 is 1.25 bits per heavy atom. The van der Waals surface area contributed by atoms with E-state index in [2.05, 4.69) is 0 Å². The fourth-order valence-electron chi connectivity index (χ4n) is 1.68. The summed E-state index contributed by atoms with van der Waals surface area (Å²) in [6.45, 7) is 0.577. The van der Waals surface area contributed by atoms with Crippen LogP contribution in [-0.4, -0.2) is 24.9 Å². The van der Waals surface area contributed by atoms with Gasteiger partial charge in [-0.2, -0.15) is 0 Å². The lowest BCUT2D eigenvalue weighted by Gasteiger charge is -2.21. The van der Waals surface area contributed by atoms with Gasteiger partial charge in [-0.15, -0.1) is 0 Å². The third kappa shape index (κ3) is 1.95. The van der Waals surface area contributed by atoms with Crippen molar-refractivity contribution < 1.29 is 23.4 Å². The van der Waals surface area contributed by atoms with E-state index in [0.717, 1.165) is 6.07 Å². The molecule has 1 aromatic rings. The van der Waals surface area contributed by atoms with Crippen molar-refractivity contribution in [1.29, 1.82) is 0 Å². The van der Waals surface area contributed by atoms with E-state index >= 15 is 0 Å². The van der Waals surface area contributed by atoms with Crippen LogP contribution >= 0.6 is 0 Å². The zero-order valence-electron chi connectivity index (χ0n) is 8.63. The second-order valence-corrected chi connectivity index (χ2v) is 3.50. The largest absolute Gasteiger partial charge is 0.486 e. The lowest BCUT2D eigenvalue weighted by atomic mass is 10.1. The van der Waals surface area contributed by atoms with Crippen molar-refractivity contribution in [3.8, 4) is 11.5 Å². The summed E-state index contributed by atoms with van der Waals surface area (Å²) in [7, 11) is 0. The molecule has 88 valence electrons. The molecular formula is C11H12F2O3. The minimum atomic E-state index is -0.947. The topological polar surface area (TPSA) is 38.7 Å². The van der Waals surface area contributed by atoms with Gasteiger partial charge in [0, 0.05) is 18.2 Å². The molecule has 0 fully saturated rings. The summed E-state index contributed by atoms with van der Waals surface area (Å²) in [6, 6.07) is 0.992. The molecule has 0 bridgehead atoms. The third-order valence-corrected chi connectivity index (χ3v) is 2.40. The number of ether oxygens (including phenoxy) is 2. The van der Waals surface area contributed by atoms with Crippen LogP contribution < -0.4 is 9.47 Å². The molecule has 0 unspecified atom stereocenters. The molecule has 1 N–H and O–H groups in total. The van der Waals surface area contributed by atoms with Gasteiger partial charge in [0.15, 0.2) is 23.1 Å². The number of halogens is 2. The Labute approximate surface area is 91.6 Å². The van der Waals surface area contributed by atoms with Crippen LogP contribution in [0.1, 0.15) is 12.0 Å². The molecule has 1 heterocycles. The Morgan fingerprint density at radius 2 is 2.00 bits per heavy atom. The van der Waals surface area contributed by atoms with Crippen molar-refractivity contribution in [2.45, 2.75) is 12.8 Å². The normalized spacial score (nSPS) is 13.9. The summed E-state index contributed by atoms with van der Waals surface area (Å²) in [5.74, 6) is -1.37. The van der Waals surface area contributed by atoms with Crippen molar-refractivity contribution in [2.75, 3.05) is 19.8 Å². The molecule has 1 aliphatic rings. The summed E-state index contributed by atoms with van der Waals surface area (Å²) < 4.78 is 37.2. The molecule has 0 aliphatic carbocycles. The summed E-state index contributed by atoms with van der Waals surface area (Å²) in [5.41, 5.74) is 0.142. The van der Waals surface area contributed by atoms with E-state index in [1.807, 2.05) is 0 Å². The number of hydrogen-bond acceptors (Lipinski definition) is 3. The number of benzene rings is 1. The van der Waals surface area contributed by atoms with Gasteiger partial charge in [0.25, 0.3) is 0 Å². The highest BCUT2D eigenvalue weighted by Crippen LogP contribution is 2.37. The van der Waals surface area contributed by atoms with E-state index in [-0.39, 0.29) is 30.1 Å². The van der Waals surface area contributed by atoms with Crippen LogP contribution in [0.2, 0.25) is 0 Å². The van der Waals surface area contributed by atoms with E-state index < -0.39 is 11.6 Å². The van der Waals surface area contributed by atoms with Crippen LogP contribution in [0.25, 0.3) is 0 Å². The van der Waals surface area contributed by atoms with Gasteiger partial charge in [-0.25, -0.2) is 8.78 Å². The summed E-state index contributed by atoms with van der Waals surface area (Å²) in [6.07, 6.45) is 0.585. The van der Waals surface area contributed by atoms with Crippen LogP contribution in [0, 0.1) is 11.6 Å². The van der Waals surface area contributed by atoms with E-state index in [4.69, 9.17) is 14.6 Å². The highest BCUT2D eigenvalue weighted by atomic mass is 19.2. The first kappa shape index (κ1) is 11.1. The number of fused-ring (bicyclic) bond motifs is 1. The Bertz CT molecular complexity index is 393. The average molecular weight is 230 g/mol. The molecule has 5 heteroatoms.